The van der Waals surface area contributed by atoms with E-state index in [0.717, 1.165) is 12.5 Å². The fourth-order valence-corrected chi connectivity index (χ4v) is 1.16. The van der Waals surface area contributed by atoms with Gasteiger partial charge in [0.25, 0.3) is 0 Å². The van der Waals surface area contributed by atoms with Crippen LogP contribution in [0.25, 0.3) is 0 Å². The molecule has 1 aliphatic rings. The van der Waals surface area contributed by atoms with Crippen molar-refractivity contribution in [2.24, 2.45) is 5.92 Å². The minimum atomic E-state index is 0. The fraction of sp³-hybridized carbons (Fsp3) is 0.750. The molecule has 0 atom stereocenters. The fourth-order valence-electron chi connectivity index (χ4n) is 1.16. The zero-order valence-corrected chi connectivity index (χ0v) is 6.28. The highest BCUT2D eigenvalue weighted by molar-refractivity contribution is 5.08. The van der Waals surface area contributed by atoms with Gasteiger partial charge in [0.15, 0.2) is 0 Å². The van der Waals surface area contributed by atoms with Gasteiger partial charge in [-0.25, -0.2) is 0 Å². The predicted octanol–water partition coefficient (Wildman–Crippen LogP) is 1.81. The van der Waals surface area contributed by atoms with Crippen molar-refractivity contribution in [3.05, 3.63) is 11.6 Å². The Bertz CT molecular complexity index is 118. The zero-order valence-electron chi connectivity index (χ0n) is 6.28. The van der Waals surface area contributed by atoms with Crippen molar-refractivity contribution >= 4 is 0 Å². The van der Waals surface area contributed by atoms with Gasteiger partial charge in [0.1, 0.15) is 0 Å². The van der Waals surface area contributed by atoms with E-state index in [4.69, 9.17) is 0 Å². The normalized spacial score (nSPS) is 20.1. The standard InChI is InChI=1S/C8H15N.H2/c1-7(2)8-3-5-9-6-4-8;/h3,7,9H,4-6H2,1-2H3;1H. The highest BCUT2D eigenvalue weighted by atomic mass is 14.8. The average Bonchev–Trinajstić information content (AvgIpc) is 1.90. The molecular formula is C8H17N. The summed E-state index contributed by atoms with van der Waals surface area (Å²) in [4.78, 5) is 0. The number of nitrogens with one attached hydrogen (secondary N) is 1. The summed E-state index contributed by atoms with van der Waals surface area (Å²) in [7, 11) is 0. The Morgan fingerprint density at radius 1 is 1.67 bits per heavy atom. The highest BCUT2D eigenvalue weighted by Crippen LogP contribution is 2.14. The summed E-state index contributed by atoms with van der Waals surface area (Å²) in [6.07, 6.45) is 3.56. The van der Waals surface area contributed by atoms with Crippen LogP contribution in [0.4, 0.5) is 0 Å². The summed E-state index contributed by atoms with van der Waals surface area (Å²) in [5.41, 5.74) is 1.62. The third kappa shape index (κ3) is 1.83. The van der Waals surface area contributed by atoms with Crippen LogP contribution in [0, 0.1) is 5.92 Å². The molecular weight excluding hydrogens is 110 g/mol. The van der Waals surface area contributed by atoms with Crippen LogP contribution in [0.1, 0.15) is 21.7 Å². The van der Waals surface area contributed by atoms with Crippen LogP contribution in [0.2, 0.25) is 0 Å². The number of rotatable bonds is 1. The first-order chi connectivity index (χ1) is 4.30. The largest absolute Gasteiger partial charge is 0.313 e. The van der Waals surface area contributed by atoms with E-state index in [1.54, 1.807) is 5.57 Å². The molecule has 1 rings (SSSR count). The molecule has 1 aliphatic heterocycles. The maximum Gasteiger partial charge on any atom is 0.0137 e. The lowest BCUT2D eigenvalue weighted by atomic mass is 9.98. The highest BCUT2D eigenvalue weighted by Gasteiger charge is 2.04. The predicted molar refractivity (Wildman–Crippen MR) is 42.5 cm³/mol. The Hall–Kier alpha value is -0.300. The molecule has 0 aliphatic carbocycles. The summed E-state index contributed by atoms with van der Waals surface area (Å²) >= 11 is 0. The summed E-state index contributed by atoms with van der Waals surface area (Å²) in [5.74, 6) is 0.757. The van der Waals surface area contributed by atoms with Crippen molar-refractivity contribution in [2.45, 2.75) is 20.3 Å². The van der Waals surface area contributed by atoms with Gasteiger partial charge in [0.2, 0.25) is 0 Å². The number of hydrogen-bond donors (Lipinski definition) is 1. The molecule has 0 aromatic carbocycles. The van der Waals surface area contributed by atoms with Gasteiger partial charge in [0, 0.05) is 7.97 Å². The lowest BCUT2D eigenvalue weighted by molar-refractivity contribution is 0.627. The van der Waals surface area contributed by atoms with Gasteiger partial charge >= 0.3 is 0 Å². The minimum Gasteiger partial charge on any atom is -0.313 e. The summed E-state index contributed by atoms with van der Waals surface area (Å²) in [5, 5.41) is 3.29. The molecule has 0 saturated heterocycles. The van der Waals surface area contributed by atoms with Crippen molar-refractivity contribution in [3.63, 3.8) is 0 Å². The molecule has 1 nitrogen and oxygen atoms in total. The third-order valence-electron chi connectivity index (χ3n) is 1.84. The molecule has 1 heteroatoms. The smallest absolute Gasteiger partial charge is 0.0137 e. The summed E-state index contributed by atoms with van der Waals surface area (Å²) in [6.45, 7) is 6.77. The van der Waals surface area contributed by atoms with Crippen LogP contribution < -0.4 is 5.32 Å². The maximum atomic E-state index is 3.29. The SMILES string of the molecule is CC(C)C1=CCNCC1.[HH]. The quantitative estimate of drug-likeness (QED) is 0.530. The van der Waals surface area contributed by atoms with E-state index in [9.17, 15) is 0 Å². The van der Waals surface area contributed by atoms with Crippen molar-refractivity contribution < 1.29 is 1.43 Å². The van der Waals surface area contributed by atoms with E-state index in [2.05, 4.69) is 25.2 Å². The average molecular weight is 127 g/mol. The molecule has 0 amide bonds. The van der Waals surface area contributed by atoms with Crippen molar-refractivity contribution in [3.8, 4) is 0 Å². The lowest BCUT2D eigenvalue weighted by Crippen LogP contribution is -2.21. The molecule has 0 radical (unpaired) electrons. The molecule has 1 N–H and O–H groups in total. The molecule has 0 saturated carbocycles. The van der Waals surface area contributed by atoms with Gasteiger partial charge in [-0.15, -0.1) is 0 Å². The second-order valence-corrected chi connectivity index (χ2v) is 2.89. The van der Waals surface area contributed by atoms with Crippen molar-refractivity contribution in [1.29, 1.82) is 0 Å². The first-order valence-corrected chi connectivity index (χ1v) is 3.70. The first-order valence-electron chi connectivity index (χ1n) is 3.70. The second kappa shape index (κ2) is 3.02. The lowest BCUT2D eigenvalue weighted by Gasteiger charge is -2.16. The molecule has 54 valence electrons. The van der Waals surface area contributed by atoms with Gasteiger partial charge in [-0.05, 0) is 18.9 Å². The van der Waals surface area contributed by atoms with Gasteiger partial charge in [-0.2, -0.15) is 0 Å². The Labute approximate surface area is 58.6 Å². The van der Waals surface area contributed by atoms with Gasteiger partial charge in [-0.3, -0.25) is 0 Å². The Balaban J connectivity index is 0.000000810. The van der Waals surface area contributed by atoms with E-state index in [1.807, 2.05) is 0 Å². The topological polar surface area (TPSA) is 12.0 Å². The number of hydrogen-bond acceptors (Lipinski definition) is 1. The Morgan fingerprint density at radius 2 is 2.44 bits per heavy atom. The van der Waals surface area contributed by atoms with Crippen molar-refractivity contribution in [2.75, 3.05) is 13.1 Å². The maximum absolute atomic E-state index is 3.29. The molecule has 0 aromatic rings. The zero-order chi connectivity index (χ0) is 6.69. The molecule has 9 heavy (non-hydrogen) atoms. The molecule has 1 heterocycles. The van der Waals surface area contributed by atoms with Crippen LogP contribution in [-0.4, -0.2) is 13.1 Å². The third-order valence-corrected chi connectivity index (χ3v) is 1.84. The Morgan fingerprint density at radius 3 is 2.78 bits per heavy atom. The molecule has 0 unspecified atom stereocenters. The molecule has 0 spiro atoms. The summed E-state index contributed by atoms with van der Waals surface area (Å²) < 4.78 is 0. The van der Waals surface area contributed by atoms with E-state index in [-0.39, 0.29) is 1.43 Å². The second-order valence-electron chi connectivity index (χ2n) is 2.89. The van der Waals surface area contributed by atoms with Gasteiger partial charge in [-0.1, -0.05) is 25.5 Å². The van der Waals surface area contributed by atoms with Gasteiger partial charge < -0.3 is 5.32 Å². The van der Waals surface area contributed by atoms with Crippen molar-refractivity contribution in [1.82, 2.24) is 5.32 Å². The van der Waals surface area contributed by atoms with E-state index in [0.29, 0.717) is 0 Å². The monoisotopic (exact) mass is 127 g/mol. The van der Waals surface area contributed by atoms with Crippen LogP contribution in [0.5, 0.6) is 0 Å². The molecule has 0 bridgehead atoms. The van der Waals surface area contributed by atoms with E-state index >= 15 is 0 Å². The minimum absolute atomic E-state index is 0. The molecule has 0 fully saturated rings. The van der Waals surface area contributed by atoms with Crippen LogP contribution >= 0.6 is 0 Å². The summed E-state index contributed by atoms with van der Waals surface area (Å²) in [6, 6.07) is 0. The van der Waals surface area contributed by atoms with Crippen LogP contribution in [0.3, 0.4) is 0 Å². The van der Waals surface area contributed by atoms with E-state index in [1.165, 1.54) is 13.0 Å². The van der Waals surface area contributed by atoms with Crippen LogP contribution in [-0.2, 0) is 0 Å². The van der Waals surface area contributed by atoms with Gasteiger partial charge in [0.05, 0.1) is 0 Å². The van der Waals surface area contributed by atoms with Crippen LogP contribution in [0.15, 0.2) is 11.6 Å². The first kappa shape index (κ1) is 6.81. The van der Waals surface area contributed by atoms with E-state index < -0.39 is 0 Å². The molecule has 0 aromatic heterocycles. The Kier molecular flexibility index (Phi) is 2.29.